The molecule has 0 heterocycles. The van der Waals surface area contributed by atoms with Crippen LogP contribution in [0.5, 0.6) is 11.5 Å². The molecule has 0 unspecified atom stereocenters. The van der Waals surface area contributed by atoms with E-state index in [1.807, 2.05) is 18.2 Å². The molecule has 0 aliphatic rings. The molecule has 2 aromatic rings. The van der Waals surface area contributed by atoms with Gasteiger partial charge in [-0.05, 0) is 31.2 Å². The van der Waals surface area contributed by atoms with E-state index in [9.17, 15) is 9.50 Å². The van der Waals surface area contributed by atoms with E-state index in [0.29, 0.717) is 11.5 Å². The van der Waals surface area contributed by atoms with E-state index in [1.165, 1.54) is 13.0 Å². The second-order valence-electron chi connectivity index (χ2n) is 3.74. The van der Waals surface area contributed by atoms with Gasteiger partial charge in [0.2, 0.25) is 0 Å². The molecule has 0 aliphatic heterocycles. The number of benzene rings is 2. The topological polar surface area (TPSA) is 29.5 Å². The molecule has 0 fully saturated rings. The number of rotatable bonds is 3. The largest absolute Gasteiger partial charge is 0.457 e. The summed E-state index contributed by atoms with van der Waals surface area (Å²) in [7, 11) is 0. The Bertz CT molecular complexity index is 495. The molecule has 0 bridgehead atoms. The molecule has 0 saturated carbocycles. The number of para-hydroxylation sites is 1. The molecule has 0 spiro atoms. The van der Waals surface area contributed by atoms with Gasteiger partial charge in [-0.3, -0.25) is 0 Å². The quantitative estimate of drug-likeness (QED) is 0.874. The summed E-state index contributed by atoms with van der Waals surface area (Å²) in [6.07, 6.45) is -0.907. The second kappa shape index (κ2) is 4.97. The van der Waals surface area contributed by atoms with Crippen molar-refractivity contribution in [1.29, 1.82) is 0 Å². The van der Waals surface area contributed by atoms with Crippen molar-refractivity contribution in [3.05, 3.63) is 59.9 Å². The van der Waals surface area contributed by atoms with Crippen molar-refractivity contribution in [3.63, 3.8) is 0 Å². The lowest BCUT2D eigenvalue weighted by Gasteiger charge is -2.13. The predicted octanol–water partition coefficient (Wildman–Crippen LogP) is 3.67. The first-order valence-corrected chi connectivity index (χ1v) is 5.38. The molecule has 1 N–H and O–H groups in total. The third kappa shape index (κ3) is 2.63. The Morgan fingerprint density at radius 2 is 1.76 bits per heavy atom. The summed E-state index contributed by atoms with van der Waals surface area (Å²) in [5.41, 5.74) is 0.177. The van der Waals surface area contributed by atoms with E-state index in [-0.39, 0.29) is 5.56 Å². The molecule has 0 radical (unpaired) electrons. The van der Waals surface area contributed by atoms with Gasteiger partial charge in [-0.1, -0.05) is 24.3 Å². The third-order valence-corrected chi connectivity index (χ3v) is 2.40. The molecule has 0 aromatic heterocycles. The predicted molar refractivity (Wildman–Crippen MR) is 63.5 cm³/mol. The normalized spacial score (nSPS) is 12.2. The average molecular weight is 232 g/mol. The van der Waals surface area contributed by atoms with Gasteiger partial charge in [-0.2, -0.15) is 0 Å². The molecular weight excluding hydrogens is 219 g/mol. The lowest BCUT2D eigenvalue weighted by Crippen LogP contribution is -1.99. The average Bonchev–Trinajstić information content (AvgIpc) is 2.30. The number of ether oxygens (including phenoxy) is 1. The Balaban J connectivity index is 2.36. The minimum atomic E-state index is -0.907. The minimum absolute atomic E-state index is 0.177. The maximum absolute atomic E-state index is 13.6. The maximum Gasteiger partial charge on any atom is 0.136 e. The Labute approximate surface area is 99.3 Å². The summed E-state index contributed by atoms with van der Waals surface area (Å²) in [6.45, 7) is 1.51. The first-order chi connectivity index (χ1) is 8.18. The summed E-state index contributed by atoms with van der Waals surface area (Å²) in [4.78, 5) is 0. The third-order valence-electron chi connectivity index (χ3n) is 2.40. The number of aliphatic hydroxyl groups excluding tert-OH is 1. The van der Waals surface area contributed by atoms with Crippen molar-refractivity contribution in [1.82, 2.24) is 0 Å². The van der Waals surface area contributed by atoms with Crippen molar-refractivity contribution < 1.29 is 14.2 Å². The summed E-state index contributed by atoms with van der Waals surface area (Å²) < 4.78 is 19.1. The van der Waals surface area contributed by atoms with Gasteiger partial charge in [0.15, 0.2) is 0 Å². The van der Waals surface area contributed by atoms with Gasteiger partial charge in [0, 0.05) is 0 Å². The highest BCUT2D eigenvalue weighted by atomic mass is 19.1. The zero-order chi connectivity index (χ0) is 12.3. The molecule has 2 rings (SSSR count). The van der Waals surface area contributed by atoms with Crippen LogP contribution in [0.4, 0.5) is 4.39 Å². The molecule has 3 heteroatoms. The lowest BCUT2D eigenvalue weighted by molar-refractivity contribution is 0.190. The van der Waals surface area contributed by atoms with Crippen LogP contribution in [0.15, 0.2) is 48.5 Å². The summed E-state index contributed by atoms with van der Waals surface area (Å²) in [6, 6.07) is 13.6. The van der Waals surface area contributed by atoms with Gasteiger partial charge < -0.3 is 9.84 Å². The second-order valence-corrected chi connectivity index (χ2v) is 3.74. The Kier molecular flexibility index (Phi) is 3.40. The zero-order valence-corrected chi connectivity index (χ0v) is 9.43. The van der Waals surface area contributed by atoms with Crippen LogP contribution < -0.4 is 4.74 Å². The maximum atomic E-state index is 13.6. The van der Waals surface area contributed by atoms with Crippen molar-refractivity contribution >= 4 is 0 Å². The van der Waals surface area contributed by atoms with Crippen LogP contribution in [-0.2, 0) is 0 Å². The SMILES string of the molecule is C[C@@H](O)c1c(F)cccc1Oc1ccccc1. The van der Waals surface area contributed by atoms with E-state index in [1.54, 1.807) is 24.3 Å². The summed E-state index contributed by atoms with van der Waals surface area (Å²) in [5, 5.41) is 9.54. The van der Waals surface area contributed by atoms with E-state index < -0.39 is 11.9 Å². The van der Waals surface area contributed by atoms with E-state index >= 15 is 0 Å². The Hall–Kier alpha value is -1.87. The van der Waals surface area contributed by atoms with Crippen LogP contribution >= 0.6 is 0 Å². The Morgan fingerprint density at radius 1 is 1.06 bits per heavy atom. The number of hydrogen-bond donors (Lipinski definition) is 1. The lowest BCUT2D eigenvalue weighted by atomic mass is 10.1. The summed E-state index contributed by atoms with van der Waals surface area (Å²) >= 11 is 0. The van der Waals surface area contributed by atoms with Gasteiger partial charge >= 0.3 is 0 Å². The van der Waals surface area contributed by atoms with Gasteiger partial charge in [0.1, 0.15) is 17.3 Å². The first kappa shape index (κ1) is 11.6. The standard InChI is InChI=1S/C14H13FO2/c1-10(16)14-12(15)8-5-9-13(14)17-11-6-3-2-4-7-11/h2-10,16H,1H3/t10-/m1/s1. The van der Waals surface area contributed by atoms with E-state index in [0.717, 1.165) is 0 Å². The highest BCUT2D eigenvalue weighted by Crippen LogP contribution is 2.31. The summed E-state index contributed by atoms with van der Waals surface area (Å²) in [5.74, 6) is 0.486. The molecule has 1 atom stereocenters. The first-order valence-electron chi connectivity index (χ1n) is 5.38. The minimum Gasteiger partial charge on any atom is -0.457 e. The van der Waals surface area contributed by atoms with Crippen molar-refractivity contribution in [2.75, 3.05) is 0 Å². The van der Waals surface area contributed by atoms with Crippen molar-refractivity contribution in [2.45, 2.75) is 13.0 Å². The molecular formula is C14H13FO2. The monoisotopic (exact) mass is 232 g/mol. The molecule has 0 amide bonds. The smallest absolute Gasteiger partial charge is 0.136 e. The van der Waals surface area contributed by atoms with Crippen molar-refractivity contribution in [2.24, 2.45) is 0 Å². The number of halogens is 1. The van der Waals surface area contributed by atoms with E-state index in [4.69, 9.17) is 4.74 Å². The van der Waals surface area contributed by atoms with Crippen LogP contribution in [0, 0.1) is 5.82 Å². The van der Waals surface area contributed by atoms with Crippen LogP contribution in [0.3, 0.4) is 0 Å². The molecule has 88 valence electrons. The van der Waals surface area contributed by atoms with Gasteiger partial charge in [-0.25, -0.2) is 4.39 Å². The van der Waals surface area contributed by atoms with Gasteiger partial charge in [0.25, 0.3) is 0 Å². The van der Waals surface area contributed by atoms with Crippen LogP contribution in [0.1, 0.15) is 18.6 Å². The fourth-order valence-corrected chi connectivity index (χ4v) is 1.63. The molecule has 2 aromatic carbocycles. The van der Waals surface area contributed by atoms with E-state index in [2.05, 4.69) is 0 Å². The molecule has 0 saturated heterocycles. The van der Waals surface area contributed by atoms with Crippen LogP contribution in [0.25, 0.3) is 0 Å². The van der Waals surface area contributed by atoms with Crippen molar-refractivity contribution in [3.8, 4) is 11.5 Å². The molecule has 2 nitrogen and oxygen atoms in total. The van der Waals surface area contributed by atoms with Crippen LogP contribution in [0.2, 0.25) is 0 Å². The molecule has 0 aliphatic carbocycles. The molecule has 17 heavy (non-hydrogen) atoms. The fraction of sp³-hybridized carbons (Fsp3) is 0.143. The zero-order valence-electron chi connectivity index (χ0n) is 9.43. The Morgan fingerprint density at radius 3 is 2.41 bits per heavy atom. The highest BCUT2D eigenvalue weighted by Gasteiger charge is 2.14. The number of hydrogen-bond acceptors (Lipinski definition) is 2. The van der Waals surface area contributed by atoms with Crippen LogP contribution in [-0.4, -0.2) is 5.11 Å². The van der Waals surface area contributed by atoms with Gasteiger partial charge in [0.05, 0.1) is 11.7 Å². The van der Waals surface area contributed by atoms with Gasteiger partial charge in [-0.15, -0.1) is 0 Å². The number of aliphatic hydroxyl groups is 1. The fourth-order valence-electron chi connectivity index (χ4n) is 1.63. The highest BCUT2D eigenvalue weighted by molar-refractivity contribution is 5.39.